The number of nitrogens with one attached hydrogen (secondary N) is 1. The summed E-state index contributed by atoms with van der Waals surface area (Å²) in [4.78, 5) is 6.83. The first-order valence-corrected chi connectivity index (χ1v) is 8.50. The summed E-state index contributed by atoms with van der Waals surface area (Å²) in [5.41, 5.74) is 2.56. The summed E-state index contributed by atoms with van der Waals surface area (Å²) >= 11 is 0. The van der Waals surface area contributed by atoms with Crippen LogP contribution in [0.15, 0.2) is 42.6 Å². The average Bonchev–Trinajstić information content (AvgIpc) is 3.08. The second-order valence-corrected chi connectivity index (χ2v) is 6.07. The van der Waals surface area contributed by atoms with Gasteiger partial charge in [0, 0.05) is 25.8 Å². The minimum atomic E-state index is 0.0360. The lowest BCUT2D eigenvalue weighted by molar-refractivity contribution is 0.201. The van der Waals surface area contributed by atoms with Gasteiger partial charge in [0.15, 0.2) is 0 Å². The molecule has 2 N–H and O–H groups in total. The summed E-state index contributed by atoms with van der Waals surface area (Å²) in [7, 11) is 1.90. The molecule has 0 aliphatic carbocycles. The number of likely N-dealkylation sites (tertiary alicyclic amines) is 1. The standard InChI is InChI=1S/C19H25N3O2/c1-20-19-13-16(7-8-21-19)18-6-3-9-22(18)14-15-4-2-5-17(12-15)24-11-10-23/h2,4-5,7-8,12-13,18,23H,3,6,9-11,14H2,1H3,(H,20,21)/t18-/m1/s1. The van der Waals surface area contributed by atoms with Crippen molar-refractivity contribution >= 4 is 5.82 Å². The molecular formula is C19H25N3O2. The van der Waals surface area contributed by atoms with Gasteiger partial charge in [-0.3, -0.25) is 4.90 Å². The average molecular weight is 327 g/mol. The van der Waals surface area contributed by atoms with E-state index in [1.165, 1.54) is 24.0 Å². The Balaban J connectivity index is 1.71. The Kier molecular flexibility index (Phi) is 5.67. The number of anilines is 1. The Hall–Kier alpha value is -2.11. The highest BCUT2D eigenvalue weighted by atomic mass is 16.5. The highest BCUT2D eigenvalue weighted by Crippen LogP contribution is 2.34. The van der Waals surface area contributed by atoms with Crippen molar-refractivity contribution < 1.29 is 9.84 Å². The molecule has 2 heterocycles. The molecule has 0 radical (unpaired) electrons. The van der Waals surface area contributed by atoms with Crippen molar-refractivity contribution in [2.24, 2.45) is 0 Å². The van der Waals surface area contributed by atoms with Crippen molar-refractivity contribution in [1.82, 2.24) is 9.88 Å². The van der Waals surface area contributed by atoms with Crippen LogP contribution in [-0.4, -0.2) is 41.8 Å². The van der Waals surface area contributed by atoms with Crippen LogP contribution >= 0.6 is 0 Å². The van der Waals surface area contributed by atoms with Gasteiger partial charge in [0.25, 0.3) is 0 Å². The van der Waals surface area contributed by atoms with Crippen LogP contribution in [0, 0.1) is 0 Å². The van der Waals surface area contributed by atoms with Crippen molar-refractivity contribution in [3.05, 3.63) is 53.7 Å². The summed E-state index contributed by atoms with van der Waals surface area (Å²) < 4.78 is 5.52. The van der Waals surface area contributed by atoms with E-state index in [1.807, 2.05) is 25.4 Å². The summed E-state index contributed by atoms with van der Waals surface area (Å²) in [5, 5.41) is 12.0. The van der Waals surface area contributed by atoms with Crippen LogP contribution in [0.5, 0.6) is 5.75 Å². The number of aromatic nitrogens is 1. The quantitative estimate of drug-likeness (QED) is 0.819. The Morgan fingerprint density at radius 2 is 2.25 bits per heavy atom. The number of ether oxygens (including phenoxy) is 1. The van der Waals surface area contributed by atoms with Gasteiger partial charge in [-0.2, -0.15) is 0 Å². The van der Waals surface area contributed by atoms with Gasteiger partial charge < -0.3 is 15.2 Å². The lowest BCUT2D eigenvalue weighted by Gasteiger charge is -2.25. The summed E-state index contributed by atoms with van der Waals surface area (Å²) in [5.74, 6) is 1.73. The number of aliphatic hydroxyl groups is 1. The molecule has 0 bridgehead atoms. The Labute approximate surface area is 143 Å². The molecule has 1 aromatic carbocycles. The minimum absolute atomic E-state index is 0.0360. The van der Waals surface area contributed by atoms with Gasteiger partial charge in [-0.25, -0.2) is 4.98 Å². The van der Waals surface area contributed by atoms with Crippen molar-refractivity contribution in [3.63, 3.8) is 0 Å². The molecule has 0 saturated carbocycles. The SMILES string of the molecule is CNc1cc([C@H]2CCCN2Cc2cccc(OCCO)c2)ccn1. The third-order valence-corrected chi connectivity index (χ3v) is 4.43. The second kappa shape index (κ2) is 8.13. The van der Waals surface area contributed by atoms with Gasteiger partial charge in [0.1, 0.15) is 18.2 Å². The summed E-state index contributed by atoms with van der Waals surface area (Å²) in [6.45, 7) is 2.37. The van der Waals surface area contributed by atoms with Crippen LogP contribution in [-0.2, 0) is 6.54 Å². The molecule has 24 heavy (non-hydrogen) atoms. The predicted octanol–water partition coefficient (Wildman–Crippen LogP) is 2.83. The molecule has 1 saturated heterocycles. The fourth-order valence-electron chi connectivity index (χ4n) is 3.32. The van der Waals surface area contributed by atoms with E-state index >= 15 is 0 Å². The van der Waals surface area contributed by atoms with Gasteiger partial charge in [-0.1, -0.05) is 12.1 Å². The molecule has 0 unspecified atom stereocenters. The van der Waals surface area contributed by atoms with Gasteiger partial charge >= 0.3 is 0 Å². The minimum Gasteiger partial charge on any atom is -0.491 e. The smallest absolute Gasteiger partial charge is 0.125 e. The molecule has 2 aromatic rings. The van der Waals surface area contributed by atoms with Crippen molar-refractivity contribution in [2.45, 2.75) is 25.4 Å². The van der Waals surface area contributed by atoms with Gasteiger partial charge in [-0.05, 0) is 54.8 Å². The van der Waals surface area contributed by atoms with Crippen molar-refractivity contribution in [1.29, 1.82) is 0 Å². The Morgan fingerprint density at radius 1 is 1.33 bits per heavy atom. The van der Waals surface area contributed by atoms with Crippen LogP contribution in [0.2, 0.25) is 0 Å². The number of pyridine rings is 1. The number of hydrogen-bond donors (Lipinski definition) is 2. The van der Waals surface area contributed by atoms with E-state index in [1.54, 1.807) is 0 Å². The number of nitrogens with zero attached hydrogens (tertiary/aromatic N) is 2. The van der Waals surface area contributed by atoms with Crippen molar-refractivity contribution in [2.75, 3.05) is 32.1 Å². The highest BCUT2D eigenvalue weighted by Gasteiger charge is 2.26. The van der Waals surface area contributed by atoms with Gasteiger partial charge in [0.05, 0.1) is 6.61 Å². The zero-order valence-corrected chi connectivity index (χ0v) is 14.1. The molecule has 1 aliphatic rings. The molecule has 1 aromatic heterocycles. The molecule has 3 rings (SSSR count). The predicted molar refractivity (Wildman–Crippen MR) is 95.2 cm³/mol. The first-order valence-electron chi connectivity index (χ1n) is 8.50. The largest absolute Gasteiger partial charge is 0.491 e. The van der Waals surface area contributed by atoms with Crippen LogP contribution in [0.25, 0.3) is 0 Å². The Bertz CT molecular complexity index is 663. The fourth-order valence-corrected chi connectivity index (χ4v) is 3.32. The second-order valence-electron chi connectivity index (χ2n) is 6.07. The fraction of sp³-hybridized carbons (Fsp3) is 0.421. The number of benzene rings is 1. The molecular weight excluding hydrogens is 302 g/mol. The molecule has 1 atom stereocenters. The molecule has 0 spiro atoms. The van der Waals surface area contributed by atoms with E-state index in [0.717, 1.165) is 24.7 Å². The van der Waals surface area contributed by atoms with E-state index < -0.39 is 0 Å². The highest BCUT2D eigenvalue weighted by molar-refractivity contribution is 5.38. The van der Waals surface area contributed by atoms with E-state index in [-0.39, 0.29) is 6.61 Å². The van der Waals surface area contributed by atoms with Crippen LogP contribution in [0.1, 0.15) is 30.0 Å². The van der Waals surface area contributed by atoms with Crippen molar-refractivity contribution in [3.8, 4) is 5.75 Å². The first kappa shape index (κ1) is 16.7. The van der Waals surface area contributed by atoms with E-state index in [4.69, 9.17) is 9.84 Å². The van der Waals surface area contributed by atoms with E-state index in [9.17, 15) is 0 Å². The topological polar surface area (TPSA) is 57.6 Å². The number of hydrogen-bond acceptors (Lipinski definition) is 5. The first-order chi connectivity index (χ1) is 11.8. The number of aliphatic hydroxyl groups excluding tert-OH is 1. The maximum atomic E-state index is 8.89. The van der Waals surface area contributed by atoms with Gasteiger partial charge in [0.2, 0.25) is 0 Å². The van der Waals surface area contributed by atoms with Gasteiger partial charge in [-0.15, -0.1) is 0 Å². The molecule has 5 nitrogen and oxygen atoms in total. The lowest BCUT2D eigenvalue weighted by atomic mass is 10.1. The third kappa shape index (κ3) is 4.04. The normalized spacial score (nSPS) is 17.8. The monoisotopic (exact) mass is 327 g/mol. The number of rotatable bonds is 7. The van der Waals surface area contributed by atoms with Crippen LogP contribution in [0.3, 0.4) is 0 Å². The molecule has 1 fully saturated rings. The summed E-state index contributed by atoms with van der Waals surface area (Å²) in [6.07, 6.45) is 4.26. The Morgan fingerprint density at radius 3 is 3.08 bits per heavy atom. The molecule has 0 amide bonds. The maximum Gasteiger partial charge on any atom is 0.125 e. The molecule has 1 aliphatic heterocycles. The van der Waals surface area contributed by atoms with E-state index in [2.05, 4.69) is 39.5 Å². The maximum absolute atomic E-state index is 8.89. The van der Waals surface area contributed by atoms with Crippen LogP contribution in [0.4, 0.5) is 5.82 Å². The van der Waals surface area contributed by atoms with Crippen LogP contribution < -0.4 is 10.1 Å². The molecule has 128 valence electrons. The van der Waals surface area contributed by atoms with E-state index in [0.29, 0.717) is 12.6 Å². The summed E-state index contributed by atoms with van der Waals surface area (Å²) in [6, 6.07) is 12.8. The zero-order valence-electron chi connectivity index (χ0n) is 14.1. The molecule has 5 heteroatoms. The zero-order chi connectivity index (χ0) is 16.8. The lowest BCUT2D eigenvalue weighted by Crippen LogP contribution is -2.23. The third-order valence-electron chi connectivity index (χ3n) is 4.43.